The fraction of sp³-hybridized carbons (Fsp3) is 0.750. The number of aromatic nitrogens is 3. The molecular weight excluding hydrogens is 198 g/mol. The number of rotatable bonds is 2. The van der Waals surface area contributed by atoms with Crippen LogP contribution in [0.5, 0.6) is 0 Å². The molecule has 1 aliphatic rings. The van der Waals surface area contributed by atoms with Gasteiger partial charge in [-0.1, -0.05) is 24.6 Å². The first-order valence-electron chi connectivity index (χ1n) is 4.86. The highest BCUT2D eigenvalue weighted by Gasteiger charge is 2.23. The van der Waals surface area contributed by atoms with Gasteiger partial charge in [-0.25, -0.2) is 5.10 Å². The van der Waals surface area contributed by atoms with Crippen LogP contribution >= 0.6 is 11.8 Å². The number of nitrogens with two attached hydrogens (primary N) is 2. The first-order valence-corrected chi connectivity index (χ1v) is 5.74. The van der Waals surface area contributed by atoms with E-state index in [0.29, 0.717) is 16.4 Å². The number of nitrogens with one attached hydrogen (secondary N) is 1. The molecule has 0 radical (unpaired) electrons. The first kappa shape index (κ1) is 9.79. The maximum atomic E-state index is 6.02. The third-order valence-corrected chi connectivity index (χ3v) is 3.77. The van der Waals surface area contributed by atoms with E-state index in [-0.39, 0.29) is 6.04 Å². The van der Waals surface area contributed by atoms with E-state index < -0.39 is 0 Å². The van der Waals surface area contributed by atoms with Crippen LogP contribution in [0.25, 0.3) is 0 Å². The molecule has 2 atom stereocenters. The van der Waals surface area contributed by atoms with Crippen molar-refractivity contribution in [2.75, 3.05) is 5.73 Å². The van der Waals surface area contributed by atoms with Gasteiger partial charge in [0.05, 0.1) is 0 Å². The zero-order chi connectivity index (χ0) is 9.97. The fourth-order valence-corrected chi connectivity index (χ4v) is 2.83. The van der Waals surface area contributed by atoms with E-state index in [4.69, 9.17) is 11.5 Å². The van der Waals surface area contributed by atoms with Crippen LogP contribution in [0.2, 0.25) is 0 Å². The number of H-pyrrole nitrogens is 1. The van der Waals surface area contributed by atoms with Gasteiger partial charge in [-0.15, -0.1) is 5.10 Å². The van der Waals surface area contributed by atoms with E-state index in [9.17, 15) is 0 Å². The lowest BCUT2D eigenvalue weighted by Gasteiger charge is -2.26. The summed E-state index contributed by atoms with van der Waals surface area (Å²) in [6.07, 6.45) is 4.76. The Morgan fingerprint density at radius 2 is 2.14 bits per heavy atom. The van der Waals surface area contributed by atoms with E-state index in [2.05, 4.69) is 15.2 Å². The number of aromatic amines is 1. The van der Waals surface area contributed by atoms with Crippen LogP contribution in [0.4, 0.5) is 5.95 Å². The molecule has 1 fully saturated rings. The van der Waals surface area contributed by atoms with E-state index in [1.54, 1.807) is 11.8 Å². The molecule has 0 saturated heterocycles. The van der Waals surface area contributed by atoms with Gasteiger partial charge in [-0.3, -0.25) is 0 Å². The summed E-state index contributed by atoms with van der Waals surface area (Å²) in [7, 11) is 0. The van der Waals surface area contributed by atoms with Crippen LogP contribution in [-0.4, -0.2) is 26.5 Å². The molecule has 0 aromatic carbocycles. The van der Waals surface area contributed by atoms with E-state index >= 15 is 0 Å². The van der Waals surface area contributed by atoms with Crippen LogP contribution < -0.4 is 11.5 Å². The highest BCUT2D eigenvalue weighted by molar-refractivity contribution is 7.99. The summed E-state index contributed by atoms with van der Waals surface area (Å²) in [6.45, 7) is 0. The lowest BCUT2D eigenvalue weighted by molar-refractivity contribution is 0.453. The lowest BCUT2D eigenvalue weighted by atomic mass is 9.96. The van der Waals surface area contributed by atoms with E-state index in [0.717, 1.165) is 12.8 Å². The third-order valence-electron chi connectivity index (χ3n) is 2.49. The van der Waals surface area contributed by atoms with Crippen molar-refractivity contribution in [3.8, 4) is 0 Å². The molecule has 6 heteroatoms. The molecule has 1 saturated carbocycles. The molecule has 0 bridgehead atoms. The Balaban J connectivity index is 1.95. The second-order valence-electron chi connectivity index (χ2n) is 3.61. The second-order valence-corrected chi connectivity index (χ2v) is 4.81. The highest BCUT2D eigenvalue weighted by atomic mass is 32.2. The van der Waals surface area contributed by atoms with Crippen molar-refractivity contribution < 1.29 is 0 Å². The van der Waals surface area contributed by atoms with Crippen molar-refractivity contribution in [2.24, 2.45) is 5.73 Å². The lowest BCUT2D eigenvalue weighted by Crippen LogP contribution is -2.35. The van der Waals surface area contributed by atoms with Gasteiger partial charge < -0.3 is 11.5 Å². The molecule has 1 aromatic heterocycles. The molecule has 2 unspecified atom stereocenters. The average Bonchev–Trinajstić information content (AvgIpc) is 2.56. The minimum Gasteiger partial charge on any atom is -0.368 e. The smallest absolute Gasteiger partial charge is 0.216 e. The Morgan fingerprint density at radius 1 is 1.36 bits per heavy atom. The van der Waals surface area contributed by atoms with Crippen LogP contribution in [0.15, 0.2) is 5.16 Å². The third kappa shape index (κ3) is 2.19. The van der Waals surface area contributed by atoms with E-state index in [1.165, 1.54) is 12.8 Å². The summed E-state index contributed by atoms with van der Waals surface area (Å²) in [5.74, 6) is 0.372. The van der Waals surface area contributed by atoms with Crippen LogP contribution in [0.3, 0.4) is 0 Å². The summed E-state index contributed by atoms with van der Waals surface area (Å²) in [5.41, 5.74) is 11.5. The molecule has 5 nitrogen and oxygen atoms in total. The fourth-order valence-electron chi connectivity index (χ4n) is 1.72. The number of nitrogens with zero attached hydrogens (tertiary/aromatic N) is 2. The largest absolute Gasteiger partial charge is 0.368 e. The Morgan fingerprint density at radius 3 is 2.79 bits per heavy atom. The van der Waals surface area contributed by atoms with Crippen molar-refractivity contribution in [1.29, 1.82) is 0 Å². The van der Waals surface area contributed by atoms with Crippen molar-refractivity contribution in [3.05, 3.63) is 0 Å². The van der Waals surface area contributed by atoms with Gasteiger partial charge in [0, 0.05) is 11.3 Å². The molecule has 14 heavy (non-hydrogen) atoms. The van der Waals surface area contributed by atoms with Gasteiger partial charge in [-0.05, 0) is 12.8 Å². The summed E-state index contributed by atoms with van der Waals surface area (Å²) in [4.78, 5) is 4.06. The average molecular weight is 213 g/mol. The molecule has 0 amide bonds. The number of thioether (sulfide) groups is 1. The Kier molecular flexibility index (Phi) is 2.93. The van der Waals surface area contributed by atoms with Crippen molar-refractivity contribution in [2.45, 2.75) is 42.1 Å². The van der Waals surface area contributed by atoms with Crippen molar-refractivity contribution in [1.82, 2.24) is 15.2 Å². The predicted octanol–water partition coefficient (Wildman–Crippen LogP) is 0.749. The number of hydrogen-bond donors (Lipinski definition) is 3. The molecule has 5 N–H and O–H groups in total. The molecule has 1 aromatic rings. The zero-order valence-corrected chi connectivity index (χ0v) is 8.76. The maximum Gasteiger partial charge on any atom is 0.216 e. The predicted molar refractivity (Wildman–Crippen MR) is 56.9 cm³/mol. The maximum absolute atomic E-state index is 6.02. The highest BCUT2D eigenvalue weighted by Crippen LogP contribution is 2.31. The van der Waals surface area contributed by atoms with Gasteiger partial charge >= 0.3 is 0 Å². The first-order chi connectivity index (χ1) is 6.75. The van der Waals surface area contributed by atoms with E-state index in [1.807, 2.05) is 0 Å². The number of anilines is 1. The number of hydrogen-bond acceptors (Lipinski definition) is 5. The van der Waals surface area contributed by atoms with Crippen LogP contribution in [0.1, 0.15) is 25.7 Å². The standard InChI is InChI=1S/C8H15N5S/c9-5-3-1-2-4-6(5)14-8-11-7(10)12-13-8/h5-6H,1-4,9H2,(H3,10,11,12,13). The van der Waals surface area contributed by atoms with Gasteiger partial charge in [0.2, 0.25) is 11.1 Å². The Labute approximate surface area is 87.0 Å². The van der Waals surface area contributed by atoms with Crippen LogP contribution in [0, 0.1) is 0 Å². The van der Waals surface area contributed by atoms with Gasteiger partial charge in [0.1, 0.15) is 0 Å². The Bertz CT molecular complexity index is 300. The summed E-state index contributed by atoms with van der Waals surface area (Å²) in [6, 6.07) is 0.272. The van der Waals surface area contributed by atoms with Crippen molar-refractivity contribution in [3.63, 3.8) is 0 Å². The van der Waals surface area contributed by atoms with Crippen LogP contribution in [-0.2, 0) is 0 Å². The summed E-state index contributed by atoms with van der Waals surface area (Å²) >= 11 is 1.63. The Hall–Kier alpha value is -0.750. The van der Waals surface area contributed by atoms with Gasteiger partial charge in [0.25, 0.3) is 0 Å². The SMILES string of the molecule is Nc1nc(SC2CCCCC2N)n[nH]1. The monoisotopic (exact) mass is 213 g/mol. The molecule has 0 spiro atoms. The minimum atomic E-state index is 0.272. The summed E-state index contributed by atoms with van der Waals surface area (Å²) in [5, 5.41) is 7.77. The quantitative estimate of drug-likeness (QED) is 0.674. The molecule has 1 heterocycles. The second kappa shape index (κ2) is 4.18. The summed E-state index contributed by atoms with van der Waals surface area (Å²) < 4.78 is 0. The topological polar surface area (TPSA) is 93.6 Å². The van der Waals surface area contributed by atoms with Crippen molar-refractivity contribution >= 4 is 17.7 Å². The molecular formula is C8H15N5S. The zero-order valence-electron chi connectivity index (χ0n) is 7.94. The molecule has 0 aliphatic heterocycles. The molecule has 78 valence electrons. The molecule has 2 rings (SSSR count). The van der Waals surface area contributed by atoms with Gasteiger partial charge in [0.15, 0.2) is 0 Å². The normalized spacial score (nSPS) is 27.8. The molecule has 1 aliphatic carbocycles. The minimum absolute atomic E-state index is 0.272. The van der Waals surface area contributed by atoms with Gasteiger partial charge in [-0.2, -0.15) is 4.98 Å². The number of nitrogen functional groups attached to an aromatic ring is 1.